The molecule has 90 valence electrons. The third kappa shape index (κ3) is 4.18. The van der Waals surface area contributed by atoms with Crippen molar-refractivity contribution in [2.45, 2.75) is 33.2 Å². The van der Waals surface area contributed by atoms with Crippen LogP contribution in [0.2, 0.25) is 0 Å². The van der Waals surface area contributed by atoms with Crippen LogP contribution in [0.1, 0.15) is 27.2 Å². The second-order valence-electron chi connectivity index (χ2n) is 4.64. The normalized spacial score (nSPS) is 17.3. The van der Waals surface area contributed by atoms with E-state index in [1.54, 1.807) is 0 Å². The lowest BCUT2D eigenvalue weighted by atomic mass is 9.86. The molecule has 2 unspecified atom stereocenters. The Bertz CT molecular complexity index is 200. The summed E-state index contributed by atoms with van der Waals surface area (Å²) in [6, 6.07) is 0.341. The van der Waals surface area contributed by atoms with Gasteiger partial charge in [-0.2, -0.15) is 0 Å². The fourth-order valence-corrected chi connectivity index (χ4v) is 1.03. The smallest absolute Gasteiger partial charge is 0.227 e. The van der Waals surface area contributed by atoms with Crippen LogP contribution in [-0.4, -0.2) is 44.0 Å². The van der Waals surface area contributed by atoms with Gasteiger partial charge in [-0.1, -0.05) is 6.92 Å². The van der Waals surface area contributed by atoms with E-state index in [-0.39, 0.29) is 5.91 Å². The maximum Gasteiger partial charge on any atom is 0.227 e. The summed E-state index contributed by atoms with van der Waals surface area (Å²) >= 11 is 0. The van der Waals surface area contributed by atoms with Gasteiger partial charge in [-0.05, 0) is 34.4 Å². The highest BCUT2D eigenvalue weighted by Crippen LogP contribution is 2.18. The molecule has 3 N–H and O–H groups in total. The summed E-state index contributed by atoms with van der Waals surface area (Å²) in [5.41, 5.74) is 5.19. The van der Waals surface area contributed by atoms with Crippen LogP contribution < -0.4 is 11.1 Å². The second-order valence-corrected chi connectivity index (χ2v) is 4.64. The van der Waals surface area contributed by atoms with Crippen molar-refractivity contribution >= 4 is 5.91 Å². The molecule has 0 rings (SSSR count). The van der Waals surface area contributed by atoms with Crippen LogP contribution in [0.15, 0.2) is 0 Å². The van der Waals surface area contributed by atoms with Crippen molar-refractivity contribution in [1.29, 1.82) is 0 Å². The third-order valence-corrected chi connectivity index (χ3v) is 3.22. The number of carbonyl (C=O) groups excluding carboxylic acids is 1. The first-order valence-electron chi connectivity index (χ1n) is 5.52. The number of likely N-dealkylation sites (N-methyl/N-ethyl adjacent to an activating group) is 1. The largest absolute Gasteiger partial charge is 0.354 e. The predicted octanol–water partition coefficient (Wildman–Crippen LogP) is 0.428. The van der Waals surface area contributed by atoms with Crippen LogP contribution in [0.3, 0.4) is 0 Å². The molecular weight excluding hydrogens is 190 g/mol. The fourth-order valence-electron chi connectivity index (χ4n) is 1.03. The molecule has 4 heteroatoms. The number of nitrogens with zero attached hydrogens (tertiary/aromatic N) is 1. The number of rotatable bonds is 6. The number of carbonyl (C=O) groups is 1. The van der Waals surface area contributed by atoms with E-state index >= 15 is 0 Å². The van der Waals surface area contributed by atoms with E-state index in [0.29, 0.717) is 19.1 Å². The average Bonchev–Trinajstić information content (AvgIpc) is 2.23. The summed E-state index contributed by atoms with van der Waals surface area (Å²) in [5, 5.41) is 2.95. The Morgan fingerprint density at radius 2 is 2.07 bits per heavy atom. The molecule has 0 heterocycles. The average molecular weight is 215 g/mol. The molecule has 0 spiro atoms. The van der Waals surface area contributed by atoms with Crippen molar-refractivity contribution in [1.82, 2.24) is 10.2 Å². The molecular formula is C11H25N3O. The Hall–Kier alpha value is -0.610. The van der Waals surface area contributed by atoms with Crippen LogP contribution in [0, 0.1) is 5.41 Å². The van der Waals surface area contributed by atoms with Gasteiger partial charge in [0, 0.05) is 19.1 Å². The highest BCUT2D eigenvalue weighted by atomic mass is 16.2. The molecule has 0 saturated carbocycles. The van der Waals surface area contributed by atoms with E-state index in [1.807, 2.05) is 27.9 Å². The molecule has 1 amide bonds. The Morgan fingerprint density at radius 1 is 1.53 bits per heavy atom. The van der Waals surface area contributed by atoms with Gasteiger partial charge in [-0.3, -0.25) is 4.79 Å². The number of nitrogens with one attached hydrogen (secondary N) is 1. The van der Waals surface area contributed by atoms with Crippen LogP contribution in [0.25, 0.3) is 0 Å². The lowest BCUT2D eigenvalue weighted by Gasteiger charge is -2.27. The molecule has 0 saturated heterocycles. The van der Waals surface area contributed by atoms with Crippen molar-refractivity contribution in [3.05, 3.63) is 0 Å². The number of amides is 1. The van der Waals surface area contributed by atoms with Crippen molar-refractivity contribution in [2.75, 3.05) is 27.2 Å². The molecule has 0 aromatic carbocycles. The number of nitrogens with two attached hydrogens (primary N) is 1. The van der Waals surface area contributed by atoms with Crippen LogP contribution >= 0.6 is 0 Å². The molecule has 0 aliphatic carbocycles. The van der Waals surface area contributed by atoms with Gasteiger partial charge in [0.25, 0.3) is 0 Å². The maximum atomic E-state index is 11.8. The SMILES string of the molecule is CCC(C)(CN)C(=O)NCC(C)N(C)C. The molecule has 15 heavy (non-hydrogen) atoms. The lowest BCUT2D eigenvalue weighted by molar-refractivity contribution is -0.130. The van der Waals surface area contributed by atoms with E-state index in [1.165, 1.54) is 0 Å². The van der Waals surface area contributed by atoms with Crippen molar-refractivity contribution in [2.24, 2.45) is 11.1 Å². The summed E-state index contributed by atoms with van der Waals surface area (Å²) in [7, 11) is 4.00. The summed E-state index contributed by atoms with van der Waals surface area (Å²) in [4.78, 5) is 13.9. The van der Waals surface area contributed by atoms with E-state index in [4.69, 9.17) is 5.73 Å². The van der Waals surface area contributed by atoms with Crippen LogP contribution in [0.5, 0.6) is 0 Å². The number of hydrogen-bond donors (Lipinski definition) is 2. The van der Waals surface area contributed by atoms with Gasteiger partial charge in [0.2, 0.25) is 5.91 Å². The Labute approximate surface area is 93.2 Å². The minimum atomic E-state index is -0.425. The molecule has 0 aromatic rings. The van der Waals surface area contributed by atoms with E-state index in [2.05, 4.69) is 17.1 Å². The minimum absolute atomic E-state index is 0.0567. The van der Waals surface area contributed by atoms with E-state index in [0.717, 1.165) is 6.42 Å². The summed E-state index contributed by atoms with van der Waals surface area (Å²) in [6.45, 7) is 7.03. The summed E-state index contributed by atoms with van der Waals surface area (Å²) in [6.07, 6.45) is 0.770. The van der Waals surface area contributed by atoms with Gasteiger partial charge >= 0.3 is 0 Å². The fraction of sp³-hybridized carbons (Fsp3) is 0.909. The number of hydrogen-bond acceptors (Lipinski definition) is 3. The van der Waals surface area contributed by atoms with Gasteiger partial charge in [-0.25, -0.2) is 0 Å². The molecule has 0 aliphatic rings. The molecule has 0 aliphatic heterocycles. The molecule has 0 aromatic heterocycles. The van der Waals surface area contributed by atoms with Gasteiger partial charge in [0.1, 0.15) is 0 Å². The molecule has 4 nitrogen and oxygen atoms in total. The topological polar surface area (TPSA) is 58.4 Å². The molecule has 0 fully saturated rings. The molecule has 0 bridgehead atoms. The Kier molecular flexibility index (Phi) is 5.83. The van der Waals surface area contributed by atoms with Gasteiger partial charge in [0.15, 0.2) is 0 Å². The van der Waals surface area contributed by atoms with Crippen molar-refractivity contribution in [3.8, 4) is 0 Å². The Morgan fingerprint density at radius 3 is 2.40 bits per heavy atom. The third-order valence-electron chi connectivity index (χ3n) is 3.22. The van der Waals surface area contributed by atoms with Gasteiger partial charge in [-0.15, -0.1) is 0 Å². The van der Waals surface area contributed by atoms with E-state index in [9.17, 15) is 4.79 Å². The zero-order valence-corrected chi connectivity index (χ0v) is 10.6. The zero-order valence-electron chi connectivity index (χ0n) is 10.6. The second kappa shape index (κ2) is 6.08. The Balaban J connectivity index is 4.14. The van der Waals surface area contributed by atoms with Crippen molar-refractivity contribution < 1.29 is 4.79 Å². The van der Waals surface area contributed by atoms with Crippen molar-refractivity contribution in [3.63, 3.8) is 0 Å². The van der Waals surface area contributed by atoms with Crippen LogP contribution in [0.4, 0.5) is 0 Å². The first-order chi connectivity index (χ1) is 6.87. The lowest BCUT2D eigenvalue weighted by Crippen LogP contribution is -2.47. The standard InChI is InChI=1S/C11H25N3O/c1-6-11(3,8-12)10(15)13-7-9(2)14(4)5/h9H,6-8,12H2,1-5H3,(H,13,15). The highest BCUT2D eigenvalue weighted by Gasteiger charge is 2.29. The zero-order chi connectivity index (χ0) is 12.1. The first kappa shape index (κ1) is 14.4. The highest BCUT2D eigenvalue weighted by molar-refractivity contribution is 5.82. The summed E-state index contributed by atoms with van der Waals surface area (Å²) < 4.78 is 0. The summed E-state index contributed by atoms with van der Waals surface area (Å²) in [5.74, 6) is 0.0567. The first-order valence-corrected chi connectivity index (χ1v) is 5.52. The van der Waals surface area contributed by atoms with Crippen LogP contribution in [-0.2, 0) is 4.79 Å². The minimum Gasteiger partial charge on any atom is -0.354 e. The monoisotopic (exact) mass is 215 g/mol. The molecule has 0 radical (unpaired) electrons. The molecule has 2 atom stereocenters. The predicted molar refractivity (Wildman–Crippen MR) is 63.6 cm³/mol. The quantitative estimate of drug-likeness (QED) is 0.675. The van der Waals surface area contributed by atoms with Gasteiger partial charge in [0.05, 0.1) is 5.41 Å². The van der Waals surface area contributed by atoms with E-state index < -0.39 is 5.41 Å². The van der Waals surface area contributed by atoms with Gasteiger partial charge < -0.3 is 16.0 Å². The maximum absolute atomic E-state index is 11.8.